The van der Waals surface area contributed by atoms with E-state index in [1.165, 1.54) is 6.20 Å². The molecule has 1 atom stereocenters. The maximum absolute atomic E-state index is 12.6. The average molecular weight is 342 g/mol. The summed E-state index contributed by atoms with van der Waals surface area (Å²) >= 11 is 0. The summed E-state index contributed by atoms with van der Waals surface area (Å²) in [6, 6.07) is -2.20. The van der Waals surface area contributed by atoms with Crippen LogP contribution < -0.4 is 11.5 Å². The lowest BCUT2D eigenvalue weighted by Crippen LogP contribution is -2.72. The largest absolute Gasteiger partial charge is 0.368 e. The van der Waals surface area contributed by atoms with Gasteiger partial charge in [0, 0.05) is 12.4 Å². The van der Waals surface area contributed by atoms with Crippen LogP contribution in [0.5, 0.6) is 0 Å². The minimum absolute atomic E-state index is 0.0252. The quantitative estimate of drug-likeness (QED) is 0.685. The fraction of sp³-hybridized carbons (Fsp3) is 0.250. The molecule has 0 aliphatic carbocycles. The standard InChI is InChI=1S/C12H10N10O3/c1-4-15-2-3-19(4)12(5-16-7(13)18-8(14)17-5)6-20-9(23)21(6)11(25)22(12)10(20)24/h2-3,6H,1H3,(H4,13,14,16,17,18). The van der Waals surface area contributed by atoms with E-state index in [4.69, 9.17) is 11.5 Å². The summed E-state index contributed by atoms with van der Waals surface area (Å²) in [7, 11) is 0. The molecule has 3 aliphatic heterocycles. The van der Waals surface area contributed by atoms with Crippen molar-refractivity contribution in [2.24, 2.45) is 0 Å². The van der Waals surface area contributed by atoms with Gasteiger partial charge in [-0.1, -0.05) is 0 Å². The van der Waals surface area contributed by atoms with Crippen molar-refractivity contribution in [3.8, 4) is 0 Å². The van der Waals surface area contributed by atoms with Gasteiger partial charge in [0.25, 0.3) is 0 Å². The fourth-order valence-corrected chi connectivity index (χ4v) is 3.69. The number of hydrogen-bond donors (Lipinski definition) is 2. The van der Waals surface area contributed by atoms with Crippen LogP contribution in [0.15, 0.2) is 12.4 Å². The number of fused-ring (bicyclic) bond motifs is 1. The van der Waals surface area contributed by atoms with Crippen molar-refractivity contribution in [1.82, 2.24) is 39.2 Å². The SMILES string of the molecule is Cc1nccn1C1(c2nc(N)nc(N)n2)C2N3C(=O)N2C(=O)N1C3=O. The molecule has 13 heteroatoms. The van der Waals surface area contributed by atoms with Crippen LogP contribution in [0.25, 0.3) is 0 Å². The first kappa shape index (κ1) is 13.6. The maximum Gasteiger partial charge on any atom is 0.340 e. The normalized spacial score (nSPS) is 26.7. The zero-order chi connectivity index (χ0) is 17.7. The number of imidazole rings is 1. The summed E-state index contributed by atoms with van der Waals surface area (Å²) in [5, 5.41) is 0. The van der Waals surface area contributed by atoms with Crippen molar-refractivity contribution < 1.29 is 14.4 Å². The average Bonchev–Trinajstić information content (AvgIpc) is 3.10. The number of anilines is 2. The Kier molecular flexibility index (Phi) is 2.09. The Bertz CT molecular complexity index is 955. The van der Waals surface area contributed by atoms with Crippen LogP contribution >= 0.6 is 0 Å². The third-order valence-electron chi connectivity index (χ3n) is 4.59. The highest BCUT2D eigenvalue weighted by molar-refractivity contribution is 6.20. The molecular weight excluding hydrogens is 332 g/mol. The molecule has 3 fully saturated rings. The number of aromatic nitrogens is 5. The van der Waals surface area contributed by atoms with Crippen LogP contribution in [0, 0.1) is 6.92 Å². The van der Waals surface area contributed by atoms with Crippen LogP contribution in [0.2, 0.25) is 0 Å². The number of urea groups is 3. The van der Waals surface area contributed by atoms with Gasteiger partial charge < -0.3 is 16.0 Å². The monoisotopic (exact) mass is 342 g/mol. The Labute approximate surface area is 138 Å². The molecule has 2 aromatic rings. The lowest BCUT2D eigenvalue weighted by molar-refractivity contribution is 0.0347. The summed E-state index contributed by atoms with van der Waals surface area (Å²) < 4.78 is 1.55. The molecule has 25 heavy (non-hydrogen) atoms. The van der Waals surface area contributed by atoms with Crippen molar-refractivity contribution in [3.63, 3.8) is 0 Å². The molecule has 2 bridgehead atoms. The van der Waals surface area contributed by atoms with Crippen molar-refractivity contribution in [1.29, 1.82) is 0 Å². The lowest BCUT2D eigenvalue weighted by Gasteiger charge is -2.43. The number of nitrogens with two attached hydrogens (primary N) is 2. The van der Waals surface area contributed by atoms with Crippen molar-refractivity contribution in [3.05, 3.63) is 24.0 Å². The number of imide groups is 3. The van der Waals surface area contributed by atoms with Gasteiger partial charge in [-0.25, -0.2) is 34.1 Å². The predicted molar refractivity (Wildman–Crippen MR) is 78.2 cm³/mol. The lowest BCUT2D eigenvalue weighted by atomic mass is 10.0. The number of rotatable bonds is 2. The Balaban J connectivity index is 1.87. The van der Waals surface area contributed by atoms with E-state index in [-0.39, 0.29) is 17.7 Å². The maximum atomic E-state index is 12.6. The topological polar surface area (TPSA) is 169 Å². The van der Waals surface area contributed by atoms with E-state index in [2.05, 4.69) is 19.9 Å². The van der Waals surface area contributed by atoms with Gasteiger partial charge in [-0.2, -0.15) is 15.0 Å². The molecule has 126 valence electrons. The number of carbonyl (C=O) groups excluding carboxylic acids is 3. The van der Waals surface area contributed by atoms with E-state index in [1.807, 2.05) is 0 Å². The van der Waals surface area contributed by atoms with E-state index in [1.54, 1.807) is 17.7 Å². The third kappa shape index (κ3) is 1.22. The van der Waals surface area contributed by atoms with Gasteiger partial charge in [0.1, 0.15) is 5.82 Å². The molecule has 4 N–H and O–H groups in total. The number of aryl methyl sites for hydroxylation is 1. The second kappa shape index (κ2) is 3.82. The molecule has 0 radical (unpaired) electrons. The second-order valence-corrected chi connectivity index (χ2v) is 5.74. The highest BCUT2D eigenvalue weighted by Gasteiger charge is 2.82. The molecule has 5 rings (SSSR count). The van der Waals surface area contributed by atoms with Crippen molar-refractivity contribution in [2.45, 2.75) is 18.8 Å². The van der Waals surface area contributed by atoms with Gasteiger partial charge in [0.2, 0.25) is 17.6 Å². The number of nitrogens with zero attached hydrogens (tertiary/aromatic N) is 8. The Morgan fingerprint density at radius 3 is 2.12 bits per heavy atom. The molecule has 1 unspecified atom stereocenters. The fourth-order valence-electron chi connectivity index (χ4n) is 3.69. The van der Waals surface area contributed by atoms with Gasteiger partial charge in [0.15, 0.2) is 12.0 Å². The Hall–Kier alpha value is -3.77. The first-order chi connectivity index (χ1) is 11.9. The number of hydrogen-bond acceptors (Lipinski definition) is 9. The molecule has 6 amide bonds. The molecule has 0 spiro atoms. The zero-order valence-electron chi connectivity index (χ0n) is 12.7. The summed E-state index contributed by atoms with van der Waals surface area (Å²) in [5.41, 5.74) is 9.82. The van der Waals surface area contributed by atoms with Crippen LogP contribution in [-0.2, 0) is 5.66 Å². The van der Waals surface area contributed by atoms with Crippen LogP contribution in [0.4, 0.5) is 26.3 Å². The van der Waals surface area contributed by atoms with E-state index < -0.39 is 29.9 Å². The molecular formula is C12H10N10O3. The van der Waals surface area contributed by atoms with Gasteiger partial charge in [0.05, 0.1) is 0 Å². The third-order valence-corrected chi connectivity index (χ3v) is 4.59. The van der Waals surface area contributed by atoms with Gasteiger partial charge in [-0.15, -0.1) is 0 Å². The first-order valence-electron chi connectivity index (χ1n) is 7.17. The number of nitrogen functional groups attached to an aromatic ring is 2. The number of amides is 6. The van der Waals surface area contributed by atoms with Crippen LogP contribution in [-0.4, -0.2) is 63.5 Å². The highest BCUT2D eigenvalue weighted by Crippen LogP contribution is 2.54. The predicted octanol–water partition coefficient (Wildman–Crippen LogP) is -1.13. The van der Waals surface area contributed by atoms with E-state index in [0.29, 0.717) is 5.82 Å². The van der Waals surface area contributed by atoms with Crippen LogP contribution in [0.1, 0.15) is 11.6 Å². The molecule has 0 saturated carbocycles. The van der Waals surface area contributed by atoms with Crippen molar-refractivity contribution >= 4 is 30.0 Å². The van der Waals surface area contributed by atoms with Gasteiger partial charge >= 0.3 is 18.1 Å². The molecule has 0 aromatic carbocycles. The molecule has 2 aromatic heterocycles. The second-order valence-electron chi connectivity index (χ2n) is 5.74. The summed E-state index contributed by atoms with van der Waals surface area (Å²) in [5.74, 6) is 0.114. The van der Waals surface area contributed by atoms with Crippen molar-refractivity contribution in [2.75, 3.05) is 11.5 Å². The molecule has 3 aliphatic rings. The first-order valence-corrected chi connectivity index (χ1v) is 7.17. The summed E-state index contributed by atoms with van der Waals surface area (Å²) in [6.45, 7) is 1.68. The van der Waals surface area contributed by atoms with Gasteiger partial charge in [-0.05, 0) is 6.92 Å². The Morgan fingerprint density at radius 1 is 1.00 bits per heavy atom. The highest BCUT2D eigenvalue weighted by atomic mass is 16.3. The minimum atomic E-state index is -1.55. The Morgan fingerprint density at radius 2 is 1.60 bits per heavy atom. The van der Waals surface area contributed by atoms with Gasteiger partial charge in [-0.3, -0.25) is 0 Å². The number of carbonyl (C=O) groups is 3. The molecule has 13 nitrogen and oxygen atoms in total. The summed E-state index contributed by atoms with van der Waals surface area (Å²) in [4.78, 5) is 56.2. The summed E-state index contributed by atoms with van der Waals surface area (Å²) in [6.07, 6.45) is 2.11. The minimum Gasteiger partial charge on any atom is -0.368 e. The van der Waals surface area contributed by atoms with Crippen LogP contribution in [0.3, 0.4) is 0 Å². The molecule has 5 heterocycles. The van der Waals surface area contributed by atoms with E-state index in [9.17, 15) is 14.4 Å². The zero-order valence-corrected chi connectivity index (χ0v) is 12.7. The van der Waals surface area contributed by atoms with E-state index in [0.717, 1.165) is 14.7 Å². The smallest absolute Gasteiger partial charge is 0.340 e. The molecule has 3 saturated heterocycles. The van der Waals surface area contributed by atoms with E-state index >= 15 is 0 Å².